The van der Waals surface area contributed by atoms with E-state index in [0.717, 1.165) is 23.5 Å². The number of halogens is 3. The lowest BCUT2D eigenvalue weighted by molar-refractivity contribution is -0.274. The number of anilines is 1. The molecule has 1 heterocycles. The standard InChI is InChI=1S/C16H12F3NO3/c17-16(18,19)23-11-5-3-10(4-6-11)20-14(21)12-8-1-2-9(7-8)13(12)15(20)22/h1-6,8-9,12-13H,7H2. The number of hydrogen-bond donors (Lipinski definition) is 0. The third-order valence-corrected chi connectivity index (χ3v) is 4.80. The largest absolute Gasteiger partial charge is 0.573 e. The van der Waals surface area contributed by atoms with Crippen molar-refractivity contribution in [2.45, 2.75) is 12.8 Å². The molecule has 2 aliphatic carbocycles. The van der Waals surface area contributed by atoms with Crippen LogP contribution in [0, 0.1) is 23.7 Å². The Bertz CT molecular complexity index is 680. The van der Waals surface area contributed by atoms with Gasteiger partial charge in [-0.05, 0) is 42.5 Å². The molecule has 4 unspecified atom stereocenters. The fourth-order valence-electron chi connectivity index (χ4n) is 3.95. The molecule has 1 saturated heterocycles. The van der Waals surface area contributed by atoms with E-state index in [4.69, 9.17) is 0 Å². The second kappa shape index (κ2) is 4.59. The van der Waals surface area contributed by atoms with Crippen LogP contribution in [0.25, 0.3) is 0 Å². The molecule has 0 spiro atoms. The number of hydrogen-bond acceptors (Lipinski definition) is 3. The van der Waals surface area contributed by atoms with Crippen LogP contribution < -0.4 is 9.64 Å². The molecular formula is C16H12F3NO3. The van der Waals surface area contributed by atoms with Crippen LogP contribution in [0.3, 0.4) is 0 Å². The lowest BCUT2D eigenvalue weighted by Gasteiger charge is -2.18. The van der Waals surface area contributed by atoms with Crippen LogP contribution in [0.1, 0.15) is 6.42 Å². The van der Waals surface area contributed by atoms with Crippen LogP contribution in [0.5, 0.6) is 5.75 Å². The monoisotopic (exact) mass is 323 g/mol. The van der Waals surface area contributed by atoms with Gasteiger partial charge in [0.2, 0.25) is 11.8 Å². The molecule has 7 heteroatoms. The Kier molecular flexibility index (Phi) is 2.86. The summed E-state index contributed by atoms with van der Waals surface area (Å²) in [5.74, 6) is -1.38. The normalized spacial score (nSPS) is 31.9. The van der Waals surface area contributed by atoms with Crippen molar-refractivity contribution in [3.63, 3.8) is 0 Å². The van der Waals surface area contributed by atoms with E-state index in [1.54, 1.807) is 0 Å². The van der Waals surface area contributed by atoms with Crippen LogP contribution in [0.2, 0.25) is 0 Å². The summed E-state index contributed by atoms with van der Waals surface area (Å²) in [6, 6.07) is 4.80. The molecule has 0 radical (unpaired) electrons. The molecule has 1 saturated carbocycles. The van der Waals surface area contributed by atoms with Crippen molar-refractivity contribution in [3.8, 4) is 5.75 Å². The van der Waals surface area contributed by atoms with Crippen molar-refractivity contribution in [3.05, 3.63) is 36.4 Å². The van der Waals surface area contributed by atoms with Crippen LogP contribution >= 0.6 is 0 Å². The number of amides is 2. The smallest absolute Gasteiger partial charge is 0.406 e. The molecule has 2 bridgehead atoms. The maximum absolute atomic E-state index is 12.6. The number of carbonyl (C=O) groups is 2. The average molecular weight is 323 g/mol. The molecule has 4 rings (SSSR count). The molecular weight excluding hydrogens is 311 g/mol. The molecule has 0 N–H and O–H groups in total. The van der Waals surface area contributed by atoms with Crippen LogP contribution in [-0.2, 0) is 9.59 Å². The van der Waals surface area contributed by atoms with Gasteiger partial charge in [0.05, 0.1) is 17.5 Å². The zero-order valence-electron chi connectivity index (χ0n) is 11.8. The van der Waals surface area contributed by atoms with Crippen molar-refractivity contribution in [2.24, 2.45) is 23.7 Å². The molecule has 0 aromatic heterocycles. The number of ether oxygens (including phenoxy) is 1. The molecule has 2 amide bonds. The Labute approximate surface area is 129 Å². The molecule has 120 valence electrons. The first kappa shape index (κ1) is 14.3. The van der Waals surface area contributed by atoms with Crippen molar-refractivity contribution in [1.82, 2.24) is 0 Å². The molecule has 1 aliphatic heterocycles. The van der Waals surface area contributed by atoms with Gasteiger partial charge in [0.15, 0.2) is 0 Å². The van der Waals surface area contributed by atoms with E-state index in [0.29, 0.717) is 0 Å². The number of nitrogens with zero attached hydrogens (tertiary/aromatic N) is 1. The second-order valence-electron chi connectivity index (χ2n) is 6.05. The van der Waals surface area contributed by atoms with E-state index < -0.39 is 6.36 Å². The maximum atomic E-state index is 12.6. The summed E-state index contributed by atoms with van der Waals surface area (Å²) in [7, 11) is 0. The minimum absolute atomic E-state index is 0.0966. The van der Waals surface area contributed by atoms with Gasteiger partial charge < -0.3 is 4.74 Å². The van der Waals surface area contributed by atoms with Crippen LogP contribution in [-0.4, -0.2) is 18.2 Å². The summed E-state index contributed by atoms with van der Waals surface area (Å²) in [5.41, 5.74) is 0.281. The van der Waals surface area contributed by atoms with Gasteiger partial charge in [0.1, 0.15) is 5.75 Å². The zero-order valence-corrected chi connectivity index (χ0v) is 11.8. The Hall–Kier alpha value is -2.31. The predicted molar refractivity (Wildman–Crippen MR) is 73.3 cm³/mol. The number of fused-ring (bicyclic) bond motifs is 5. The number of allylic oxidation sites excluding steroid dienone is 2. The second-order valence-corrected chi connectivity index (χ2v) is 6.05. The van der Waals surface area contributed by atoms with Gasteiger partial charge in [-0.15, -0.1) is 13.2 Å². The number of benzene rings is 1. The highest BCUT2D eigenvalue weighted by Crippen LogP contribution is 2.53. The van der Waals surface area contributed by atoms with E-state index in [-0.39, 0.29) is 46.9 Å². The molecule has 3 aliphatic rings. The molecule has 1 aromatic carbocycles. The summed E-state index contributed by atoms with van der Waals surface area (Å²) < 4.78 is 40.3. The first-order valence-electron chi connectivity index (χ1n) is 7.27. The van der Waals surface area contributed by atoms with Gasteiger partial charge in [-0.1, -0.05) is 12.2 Å². The van der Waals surface area contributed by atoms with Gasteiger partial charge >= 0.3 is 6.36 Å². The fraction of sp³-hybridized carbons (Fsp3) is 0.375. The zero-order chi connectivity index (χ0) is 16.4. The highest BCUT2D eigenvalue weighted by Gasteiger charge is 2.59. The molecule has 4 nitrogen and oxygen atoms in total. The minimum Gasteiger partial charge on any atom is -0.406 e. The maximum Gasteiger partial charge on any atom is 0.573 e. The fourth-order valence-corrected chi connectivity index (χ4v) is 3.95. The van der Waals surface area contributed by atoms with E-state index in [2.05, 4.69) is 4.74 Å². The highest BCUT2D eigenvalue weighted by atomic mass is 19.4. The molecule has 23 heavy (non-hydrogen) atoms. The summed E-state index contributed by atoms with van der Waals surface area (Å²) in [4.78, 5) is 26.2. The average Bonchev–Trinajstić information content (AvgIpc) is 3.13. The minimum atomic E-state index is -4.78. The Morgan fingerprint density at radius 3 is 1.96 bits per heavy atom. The quantitative estimate of drug-likeness (QED) is 0.621. The van der Waals surface area contributed by atoms with Gasteiger partial charge in [-0.3, -0.25) is 14.5 Å². The van der Waals surface area contributed by atoms with Crippen molar-refractivity contribution in [2.75, 3.05) is 4.90 Å². The highest BCUT2D eigenvalue weighted by molar-refractivity contribution is 6.22. The first-order chi connectivity index (χ1) is 10.8. The van der Waals surface area contributed by atoms with Gasteiger partial charge in [-0.25, -0.2) is 0 Å². The van der Waals surface area contributed by atoms with Gasteiger partial charge in [0.25, 0.3) is 0 Å². The Morgan fingerprint density at radius 1 is 0.957 bits per heavy atom. The van der Waals surface area contributed by atoms with Crippen molar-refractivity contribution < 1.29 is 27.5 Å². The number of imide groups is 1. The molecule has 4 atom stereocenters. The van der Waals surface area contributed by atoms with E-state index in [9.17, 15) is 22.8 Å². The number of carbonyl (C=O) groups excluding carboxylic acids is 2. The Morgan fingerprint density at radius 2 is 1.48 bits per heavy atom. The number of rotatable bonds is 2. The van der Waals surface area contributed by atoms with E-state index >= 15 is 0 Å². The van der Waals surface area contributed by atoms with E-state index in [1.165, 1.54) is 12.1 Å². The summed E-state index contributed by atoms with van der Waals surface area (Å²) in [6.45, 7) is 0. The third kappa shape index (κ3) is 2.14. The van der Waals surface area contributed by atoms with Gasteiger partial charge in [-0.2, -0.15) is 0 Å². The third-order valence-electron chi connectivity index (χ3n) is 4.80. The SMILES string of the molecule is O=C1C2C3C=CC(C3)C2C(=O)N1c1ccc(OC(F)(F)F)cc1. The Balaban J connectivity index is 1.59. The number of alkyl halides is 3. The predicted octanol–water partition coefficient (Wildman–Crippen LogP) is 2.90. The summed E-state index contributed by atoms with van der Waals surface area (Å²) in [6.07, 6.45) is 0.0310. The van der Waals surface area contributed by atoms with E-state index in [1.807, 2.05) is 12.2 Å². The van der Waals surface area contributed by atoms with Crippen LogP contribution in [0.4, 0.5) is 18.9 Å². The van der Waals surface area contributed by atoms with Crippen LogP contribution in [0.15, 0.2) is 36.4 Å². The van der Waals surface area contributed by atoms with Crippen molar-refractivity contribution in [1.29, 1.82) is 0 Å². The summed E-state index contributed by atoms with van der Waals surface area (Å²) in [5, 5.41) is 0. The lowest BCUT2D eigenvalue weighted by atomic mass is 9.85. The lowest BCUT2D eigenvalue weighted by Crippen LogP contribution is -2.32. The van der Waals surface area contributed by atoms with Gasteiger partial charge in [0, 0.05) is 0 Å². The first-order valence-corrected chi connectivity index (χ1v) is 7.27. The molecule has 1 aromatic rings. The summed E-state index contributed by atoms with van der Waals surface area (Å²) >= 11 is 0. The topological polar surface area (TPSA) is 46.6 Å². The molecule has 2 fully saturated rings. The van der Waals surface area contributed by atoms with Crippen molar-refractivity contribution >= 4 is 17.5 Å².